The molecule has 0 radical (unpaired) electrons. The van der Waals surface area contributed by atoms with Gasteiger partial charge < -0.3 is 5.11 Å². The molecule has 5 nitrogen and oxygen atoms in total. The third-order valence-corrected chi connectivity index (χ3v) is 6.45. The number of para-hydroxylation sites is 1. The second-order valence-electron chi connectivity index (χ2n) is 7.29. The fourth-order valence-electron chi connectivity index (χ4n) is 3.54. The first-order valence-electron chi connectivity index (χ1n) is 10.2. The second-order valence-corrected chi connectivity index (χ2v) is 8.97. The van der Waals surface area contributed by atoms with E-state index < -0.39 is 0 Å². The van der Waals surface area contributed by atoms with Gasteiger partial charge in [0.05, 0.1) is 22.0 Å². The van der Waals surface area contributed by atoms with E-state index in [0.29, 0.717) is 26.2 Å². The first-order valence-corrected chi connectivity index (χ1v) is 11.4. The summed E-state index contributed by atoms with van der Waals surface area (Å²) in [6, 6.07) is 28.0. The molecule has 1 N–H and O–H groups in total. The van der Waals surface area contributed by atoms with Gasteiger partial charge in [0.15, 0.2) is 4.32 Å². The molecule has 0 atom stereocenters. The van der Waals surface area contributed by atoms with Gasteiger partial charge in [-0.2, -0.15) is 5.11 Å². The van der Waals surface area contributed by atoms with E-state index in [-0.39, 0.29) is 11.7 Å². The van der Waals surface area contributed by atoms with Crippen LogP contribution < -0.4 is 4.90 Å². The van der Waals surface area contributed by atoms with E-state index in [4.69, 9.17) is 12.2 Å². The summed E-state index contributed by atoms with van der Waals surface area (Å²) in [5.74, 6) is -0.178. The Bertz CT molecular complexity index is 1440. The van der Waals surface area contributed by atoms with Crippen molar-refractivity contribution < 1.29 is 9.90 Å². The van der Waals surface area contributed by atoms with Crippen molar-refractivity contribution in [1.82, 2.24) is 0 Å². The molecule has 5 rings (SSSR count). The predicted molar refractivity (Wildman–Crippen MR) is 138 cm³/mol. The maximum absolute atomic E-state index is 13.0. The molecule has 1 fully saturated rings. The summed E-state index contributed by atoms with van der Waals surface area (Å²) in [5.41, 5.74) is 2.50. The minimum Gasteiger partial charge on any atom is -0.507 e. The van der Waals surface area contributed by atoms with Crippen LogP contribution in [0.4, 0.5) is 17.1 Å². The number of azo groups is 1. The van der Waals surface area contributed by atoms with Gasteiger partial charge in [-0.1, -0.05) is 78.6 Å². The molecule has 0 unspecified atom stereocenters. The van der Waals surface area contributed by atoms with Gasteiger partial charge in [-0.05, 0) is 47.9 Å². The molecule has 1 aliphatic heterocycles. The van der Waals surface area contributed by atoms with Crippen molar-refractivity contribution in [2.45, 2.75) is 0 Å². The zero-order chi connectivity index (χ0) is 22.8. The lowest BCUT2D eigenvalue weighted by atomic mass is 10.1. The number of hydrogen-bond acceptors (Lipinski definition) is 6. The predicted octanol–water partition coefficient (Wildman–Crippen LogP) is 7.37. The Morgan fingerprint density at radius 1 is 0.879 bits per heavy atom. The Morgan fingerprint density at radius 3 is 2.48 bits per heavy atom. The number of hydrogen-bond donors (Lipinski definition) is 1. The number of phenols is 1. The van der Waals surface area contributed by atoms with E-state index >= 15 is 0 Å². The summed E-state index contributed by atoms with van der Waals surface area (Å²) in [6.45, 7) is 0. The van der Waals surface area contributed by atoms with Gasteiger partial charge in [0, 0.05) is 10.9 Å². The highest BCUT2D eigenvalue weighted by Crippen LogP contribution is 2.37. The van der Waals surface area contributed by atoms with Crippen molar-refractivity contribution in [2.75, 3.05) is 4.90 Å². The van der Waals surface area contributed by atoms with Crippen molar-refractivity contribution in [2.24, 2.45) is 10.2 Å². The van der Waals surface area contributed by atoms with Gasteiger partial charge in [-0.25, -0.2) is 0 Å². The molecule has 0 spiro atoms. The number of thioether (sulfide) groups is 1. The summed E-state index contributed by atoms with van der Waals surface area (Å²) >= 11 is 6.62. The van der Waals surface area contributed by atoms with Gasteiger partial charge in [-0.15, -0.1) is 5.11 Å². The highest BCUT2D eigenvalue weighted by atomic mass is 32.2. The van der Waals surface area contributed by atoms with Crippen molar-refractivity contribution in [3.8, 4) is 5.75 Å². The van der Waals surface area contributed by atoms with Crippen LogP contribution in [0.25, 0.3) is 16.8 Å². The molecule has 1 heterocycles. The van der Waals surface area contributed by atoms with Crippen LogP contribution in [-0.2, 0) is 4.79 Å². The molecule has 1 aliphatic rings. The summed E-state index contributed by atoms with van der Waals surface area (Å²) in [4.78, 5) is 14.9. The van der Waals surface area contributed by atoms with Gasteiger partial charge in [0.1, 0.15) is 5.75 Å². The van der Waals surface area contributed by atoms with E-state index in [2.05, 4.69) is 10.2 Å². The molecular weight excluding hydrogens is 450 g/mol. The quantitative estimate of drug-likeness (QED) is 0.193. The van der Waals surface area contributed by atoms with Crippen molar-refractivity contribution in [3.05, 3.63) is 101 Å². The van der Waals surface area contributed by atoms with Crippen LogP contribution in [0, 0.1) is 0 Å². The normalized spacial score (nSPS) is 15.3. The third kappa shape index (κ3) is 4.28. The number of anilines is 1. The lowest BCUT2D eigenvalue weighted by Crippen LogP contribution is -2.27. The molecule has 160 valence electrons. The Labute approximate surface area is 200 Å². The Hall–Kier alpha value is -3.81. The maximum Gasteiger partial charge on any atom is 0.270 e. The van der Waals surface area contributed by atoms with E-state index in [1.807, 2.05) is 72.8 Å². The fourth-order valence-corrected chi connectivity index (χ4v) is 4.83. The number of phenolic OH excluding ortho intramolecular Hbond substituents is 1. The number of fused-ring (bicyclic) bond motifs is 1. The summed E-state index contributed by atoms with van der Waals surface area (Å²) < 4.78 is 0.448. The number of carbonyl (C=O) groups excluding carboxylic acids is 1. The third-order valence-electron chi connectivity index (χ3n) is 5.15. The van der Waals surface area contributed by atoms with Crippen molar-refractivity contribution in [3.63, 3.8) is 0 Å². The standard InChI is InChI=1S/C26H17N3O2S2/c30-23-14-13-19(27-28-22-12-6-8-17-7-4-5-11-21(17)22)15-18(23)16-24-25(31)29(26(32)33-24)20-9-2-1-3-10-20/h1-16,30H/b24-16-,28-27?. The van der Waals surface area contributed by atoms with Gasteiger partial charge in [0.2, 0.25) is 0 Å². The molecule has 4 aromatic rings. The minimum absolute atomic E-state index is 0.0455. The van der Waals surface area contributed by atoms with E-state index in [9.17, 15) is 9.90 Å². The second kappa shape index (κ2) is 8.97. The number of carbonyl (C=O) groups is 1. The molecule has 33 heavy (non-hydrogen) atoms. The molecular formula is C26H17N3O2S2. The average Bonchev–Trinajstić information content (AvgIpc) is 3.12. The molecule has 7 heteroatoms. The monoisotopic (exact) mass is 467 g/mol. The molecule has 0 bridgehead atoms. The van der Waals surface area contributed by atoms with Crippen LogP contribution in [0.3, 0.4) is 0 Å². The fraction of sp³-hybridized carbons (Fsp3) is 0. The van der Waals surface area contributed by atoms with Gasteiger partial charge >= 0.3 is 0 Å². The highest BCUT2D eigenvalue weighted by molar-refractivity contribution is 8.27. The zero-order valence-corrected chi connectivity index (χ0v) is 18.9. The minimum atomic E-state index is -0.224. The molecule has 0 aromatic heterocycles. The van der Waals surface area contributed by atoms with Crippen LogP contribution in [0.15, 0.2) is 106 Å². The van der Waals surface area contributed by atoms with Crippen molar-refractivity contribution >= 4 is 68.1 Å². The molecule has 1 saturated heterocycles. The molecule has 0 saturated carbocycles. The van der Waals surface area contributed by atoms with E-state index in [0.717, 1.165) is 16.5 Å². The van der Waals surface area contributed by atoms with Crippen LogP contribution in [0.1, 0.15) is 5.56 Å². The SMILES string of the molecule is O=C1/C(=C/c2cc(N=Nc3cccc4ccccc34)ccc2O)SC(=S)N1c1ccccc1. The topological polar surface area (TPSA) is 65.3 Å². The number of rotatable bonds is 4. The molecule has 4 aromatic carbocycles. The summed E-state index contributed by atoms with van der Waals surface area (Å²) in [7, 11) is 0. The average molecular weight is 468 g/mol. The van der Waals surface area contributed by atoms with Crippen molar-refractivity contribution in [1.29, 1.82) is 0 Å². The first-order chi connectivity index (χ1) is 16.1. The molecule has 1 amide bonds. The highest BCUT2D eigenvalue weighted by Gasteiger charge is 2.33. The zero-order valence-electron chi connectivity index (χ0n) is 17.3. The Morgan fingerprint density at radius 2 is 1.64 bits per heavy atom. The lowest BCUT2D eigenvalue weighted by Gasteiger charge is -2.13. The van der Waals surface area contributed by atoms with Crippen LogP contribution in [-0.4, -0.2) is 15.3 Å². The first kappa shape index (κ1) is 21.1. The summed E-state index contributed by atoms with van der Waals surface area (Å²) in [6.07, 6.45) is 1.63. The summed E-state index contributed by atoms with van der Waals surface area (Å²) in [5, 5.41) is 21.2. The number of nitrogens with zero attached hydrogens (tertiary/aromatic N) is 3. The van der Waals surface area contributed by atoms with Crippen LogP contribution in [0.2, 0.25) is 0 Å². The smallest absolute Gasteiger partial charge is 0.270 e. The largest absolute Gasteiger partial charge is 0.507 e. The molecule has 0 aliphatic carbocycles. The number of benzene rings is 4. The van der Waals surface area contributed by atoms with Crippen LogP contribution in [0.5, 0.6) is 5.75 Å². The van der Waals surface area contributed by atoms with Gasteiger partial charge in [-0.3, -0.25) is 9.69 Å². The van der Waals surface area contributed by atoms with Gasteiger partial charge in [0.25, 0.3) is 5.91 Å². The lowest BCUT2D eigenvalue weighted by molar-refractivity contribution is -0.113. The van der Waals surface area contributed by atoms with E-state index in [1.54, 1.807) is 24.3 Å². The Balaban J connectivity index is 1.45. The number of thiocarbonyl (C=S) groups is 1. The van der Waals surface area contributed by atoms with Crippen LogP contribution >= 0.6 is 24.0 Å². The number of amides is 1. The maximum atomic E-state index is 13.0. The van der Waals surface area contributed by atoms with E-state index in [1.165, 1.54) is 16.7 Å². The number of aromatic hydroxyl groups is 1. The Kier molecular flexibility index (Phi) is 5.73.